The number of aryl methyl sites for hydroxylation is 1. The molecule has 0 aliphatic carbocycles. The van der Waals surface area contributed by atoms with Crippen molar-refractivity contribution in [1.29, 1.82) is 0 Å². The first-order chi connectivity index (χ1) is 32.8. The number of nitrogens with zero attached hydrogens (tertiary/aromatic N) is 1. The fourth-order valence-corrected chi connectivity index (χ4v) is 12.7. The second-order valence-corrected chi connectivity index (χ2v) is 33.7. The molecule has 1 aliphatic heterocycles. The molecule has 0 saturated heterocycles. The van der Waals surface area contributed by atoms with Gasteiger partial charge in [-0.05, 0) is 123 Å². The Morgan fingerprint density at radius 3 is 1.83 bits per heavy atom. The molecule has 6 atom stereocenters. The number of hydrogen-bond donors (Lipinski definition) is 0. The third-order valence-corrected chi connectivity index (χ3v) is 25.5. The van der Waals surface area contributed by atoms with Crippen LogP contribution in [0.25, 0.3) is 6.08 Å². The summed E-state index contributed by atoms with van der Waals surface area (Å²) < 4.78 is 28.8. The smallest absolute Gasteiger partial charge is 0.309 e. The maximum atomic E-state index is 15.7. The highest BCUT2D eigenvalue weighted by Crippen LogP contribution is 2.46. The van der Waals surface area contributed by atoms with Crippen LogP contribution in [0.1, 0.15) is 135 Å². The zero-order valence-electron chi connectivity index (χ0n) is 45.3. The van der Waals surface area contributed by atoms with Crippen LogP contribution in [0.2, 0.25) is 36.3 Å². The van der Waals surface area contributed by atoms with E-state index in [9.17, 15) is 4.79 Å². The summed E-state index contributed by atoms with van der Waals surface area (Å²) in [5.41, 5.74) is 3.88. The lowest BCUT2D eigenvalue weighted by Gasteiger charge is -2.47. The molecular weight excluding hydrogens is 919 g/mol. The molecule has 0 saturated carbocycles. The molecule has 0 spiro atoms. The van der Waals surface area contributed by atoms with Crippen LogP contribution in [0, 0.1) is 24.2 Å². The number of esters is 1. The molecule has 3 aromatic carbocycles. The van der Waals surface area contributed by atoms with Crippen molar-refractivity contribution >= 4 is 45.8 Å². The summed E-state index contributed by atoms with van der Waals surface area (Å²) in [6.45, 7) is 37.0. The number of rotatable bonds is 14. The number of allylic oxidation sites excluding steroid dienone is 1. The standard InChI is InChI=1S/C60H85NO6SSi2/c1-17-38-59(12)53(66-69(13,14)57(6,7)8)40-54(62)65-52(44(3)39-51-42-68-46(5)61-51)37-36-47(29-27-28-43(2)55(45(4)56(59)63)67-70(15,16)58(9,10)11)41-64-60(48-30-21-18-22-31-48,49-32-23-19-24-33-49)50-34-25-20-26-35-50/h17-26,30-36,39,42-43,45,52-53,55H,1,27-29,37-38,40-41H2,2-16H3/b44-39+,47-36+/t43-,45-,52-,53-,55+,59-/m0/s1. The number of hydrogen-bond acceptors (Lipinski definition) is 8. The van der Waals surface area contributed by atoms with Crippen molar-refractivity contribution in [3.63, 3.8) is 0 Å². The van der Waals surface area contributed by atoms with Crippen molar-refractivity contribution in [3.8, 4) is 0 Å². The van der Waals surface area contributed by atoms with Gasteiger partial charge in [0.1, 0.15) is 17.5 Å². The Morgan fingerprint density at radius 2 is 1.36 bits per heavy atom. The van der Waals surface area contributed by atoms with Gasteiger partial charge in [-0.1, -0.05) is 159 Å². The number of cyclic esters (lactones) is 1. The van der Waals surface area contributed by atoms with E-state index in [1.165, 1.54) is 0 Å². The molecule has 380 valence electrons. The second-order valence-electron chi connectivity index (χ2n) is 23.2. The average Bonchev–Trinajstić information content (AvgIpc) is 3.72. The normalized spacial score (nSPS) is 24.1. The Hall–Kier alpha value is -4.04. The molecule has 10 heteroatoms. The van der Waals surface area contributed by atoms with E-state index < -0.39 is 51.7 Å². The van der Waals surface area contributed by atoms with E-state index >= 15 is 4.79 Å². The van der Waals surface area contributed by atoms with Crippen molar-refractivity contribution in [2.24, 2.45) is 17.3 Å². The third kappa shape index (κ3) is 13.7. The molecule has 0 N–H and O–H groups in total. The van der Waals surface area contributed by atoms with Gasteiger partial charge in [-0.15, -0.1) is 17.9 Å². The SMILES string of the molecule is C=CC[C@]1(C)C(=O)[C@@H](C)[C@H](O[Si](C)(C)C(C)(C)C)[C@@H](C)CCC/C(COC(c2ccccc2)(c2ccccc2)c2ccccc2)=C\C[C@@H](/C(C)=C/c2csc(C)n2)OC(=O)C[C@@H]1O[Si](C)(C)C(C)(C)C. The lowest BCUT2D eigenvalue weighted by atomic mass is 9.69. The van der Waals surface area contributed by atoms with E-state index in [-0.39, 0.29) is 34.3 Å². The maximum Gasteiger partial charge on any atom is 0.309 e. The summed E-state index contributed by atoms with van der Waals surface area (Å²) in [7, 11) is -4.95. The Balaban J connectivity index is 1.69. The molecule has 0 amide bonds. The van der Waals surface area contributed by atoms with Crippen LogP contribution >= 0.6 is 11.3 Å². The predicted molar refractivity (Wildman–Crippen MR) is 297 cm³/mol. The van der Waals surface area contributed by atoms with Gasteiger partial charge in [0, 0.05) is 17.7 Å². The zero-order valence-corrected chi connectivity index (χ0v) is 48.1. The van der Waals surface area contributed by atoms with Crippen molar-refractivity contribution in [2.75, 3.05) is 6.61 Å². The number of carbonyl (C=O) groups excluding carboxylic acids is 2. The maximum absolute atomic E-state index is 15.7. The number of thiazole rings is 1. The van der Waals surface area contributed by atoms with Crippen LogP contribution in [0.3, 0.4) is 0 Å². The summed E-state index contributed by atoms with van der Waals surface area (Å²) in [4.78, 5) is 35.3. The molecule has 0 fully saturated rings. The topological polar surface area (TPSA) is 84.0 Å². The molecule has 70 heavy (non-hydrogen) atoms. The van der Waals surface area contributed by atoms with Gasteiger partial charge in [-0.3, -0.25) is 9.59 Å². The van der Waals surface area contributed by atoms with E-state index in [4.69, 9.17) is 23.3 Å². The molecule has 0 unspecified atom stereocenters. The lowest BCUT2D eigenvalue weighted by molar-refractivity contribution is -0.154. The van der Waals surface area contributed by atoms with Crippen molar-refractivity contribution < 1.29 is 27.9 Å². The summed E-state index contributed by atoms with van der Waals surface area (Å²) >= 11 is 1.59. The van der Waals surface area contributed by atoms with Crippen molar-refractivity contribution in [2.45, 2.75) is 175 Å². The van der Waals surface area contributed by atoms with Crippen LogP contribution in [-0.4, -0.2) is 58.3 Å². The molecule has 0 radical (unpaired) electrons. The van der Waals surface area contributed by atoms with E-state index in [0.717, 1.165) is 57.8 Å². The van der Waals surface area contributed by atoms with Gasteiger partial charge >= 0.3 is 5.97 Å². The van der Waals surface area contributed by atoms with Crippen molar-refractivity contribution in [1.82, 2.24) is 4.98 Å². The molecule has 4 aromatic rings. The fraction of sp³-hybridized carbons (Fsp3) is 0.517. The fourth-order valence-electron chi connectivity index (χ4n) is 9.27. The number of ketones is 1. The van der Waals surface area contributed by atoms with Gasteiger partial charge in [0.2, 0.25) is 0 Å². The van der Waals surface area contributed by atoms with Gasteiger partial charge in [-0.25, -0.2) is 4.98 Å². The van der Waals surface area contributed by atoms with E-state index in [0.29, 0.717) is 19.4 Å². The first-order valence-electron chi connectivity index (χ1n) is 25.5. The molecule has 0 bridgehead atoms. The van der Waals surface area contributed by atoms with Crippen LogP contribution in [0.5, 0.6) is 0 Å². The summed E-state index contributed by atoms with van der Waals surface area (Å²) in [6.07, 6.45) is 7.41. The van der Waals surface area contributed by atoms with Crippen LogP contribution in [0.4, 0.5) is 0 Å². The number of ether oxygens (including phenoxy) is 2. The highest BCUT2D eigenvalue weighted by Gasteiger charge is 2.52. The van der Waals surface area contributed by atoms with Crippen LogP contribution in [0.15, 0.2) is 126 Å². The Kier molecular flexibility index (Phi) is 19.2. The van der Waals surface area contributed by atoms with Crippen LogP contribution < -0.4 is 0 Å². The molecular formula is C60H85NO6SSi2. The molecule has 1 aromatic heterocycles. The van der Waals surface area contributed by atoms with E-state index in [1.54, 1.807) is 11.3 Å². The first-order valence-corrected chi connectivity index (χ1v) is 32.2. The summed E-state index contributed by atoms with van der Waals surface area (Å²) in [6, 6.07) is 31.4. The molecule has 1 aliphatic rings. The molecule has 5 rings (SSSR count). The number of aromatic nitrogens is 1. The minimum Gasteiger partial charge on any atom is -0.457 e. The summed E-state index contributed by atoms with van der Waals surface area (Å²) in [5, 5.41) is 2.73. The Labute approximate surface area is 428 Å². The minimum absolute atomic E-state index is 0.0335. The van der Waals surface area contributed by atoms with Gasteiger partial charge in [0.25, 0.3) is 0 Å². The van der Waals surface area contributed by atoms with Crippen LogP contribution in [-0.2, 0) is 33.5 Å². The summed E-state index contributed by atoms with van der Waals surface area (Å²) in [5.74, 6) is -0.836. The Bertz CT molecular complexity index is 2300. The zero-order chi connectivity index (χ0) is 51.7. The highest BCUT2D eigenvalue weighted by atomic mass is 32.1. The van der Waals surface area contributed by atoms with E-state index in [2.05, 4.69) is 160 Å². The minimum atomic E-state index is -2.56. The second kappa shape index (κ2) is 23.7. The van der Waals surface area contributed by atoms with Gasteiger partial charge < -0.3 is 18.3 Å². The first kappa shape index (κ1) is 56.9. The largest absolute Gasteiger partial charge is 0.457 e. The van der Waals surface area contributed by atoms with Gasteiger partial charge in [-0.2, -0.15) is 0 Å². The number of benzene rings is 3. The number of carbonyl (C=O) groups is 2. The highest BCUT2D eigenvalue weighted by molar-refractivity contribution is 7.09. The van der Waals surface area contributed by atoms with E-state index in [1.807, 2.05) is 63.4 Å². The third-order valence-electron chi connectivity index (χ3n) is 15.7. The van der Waals surface area contributed by atoms with Crippen molar-refractivity contribution in [3.05, 3.63) is 154 Å². The average molecular weight is 1000 g/mol. The monoisotopic (exact) mass is 1000 g/mol. The quantitative estimate of drug-likeness (QED) is 0.0538. The molecule has 2 heterocycles. The lowest BCUT2D eigenvalue weighted by Crippen LogP contribution is -2.55. The van der Waals surface area contributed by atoms with Gasteiger partial charge in [0.15, 0.2) is 16.6 Å². The molecule has 7 nitrogen and oxygen atoms in total. The van der Waals surface area contributed by atoms with Gasteiger partial charge in [0.05, 0.1) is 41.4 Å². The predicted octanol–water partition coefficient (Wildman–Crippen LogP) is 15.9. The number of Topliss-reactive ketones (excluding diaryl/α,β-unsaturated/α-hetero) is 1. The Morgan fingerprint density at radius 1 is 0.843 bits per heavy atom.